The van der Waals surface area contributed by atoms with Crippen molar-refractivity contribution in [1.29, 1.82) is 0 Å². The van der Waals surface area contributed by atoms with Gasteiger partial charge < -0.3 is 14.2 Å². The highest BCUT2D eigenvalue weighted by atomic mass is 32.2. The van der Waals surface area contributed by atoms with Crippen LogP contribution in [0.25, 0.3) is 11.0 Å². The molecule has 0 radical (unpaired) electrons. The molecule has 2 fully saturated rings. The number of imidazole rings is 1. The average molecular weight is 477 g/mol. The van der Waals surface area contributed by atoms with Crippen molar-refractivity contribution < 1.29 is 22.7 Å². The summed E-state index contributed by atoms with van der Waals surface area (Å²) in [6, 6.07) is 5.13. The number of sulfonamides is 1. The number of likely N-dealkylation sites (tertiary alicyclic amines) is 1. The molecule has 0 N–H and O–H groups in total. The van der Waals surface area contributed by atoms with Gasteiger partial charge in [0.05, 0.1) is 21.8 Å². The van der Waals surface area contributed by atoms with Crippen molar-refractivity contribution in [1.82, 2.24) is 18.8 Å². The average Bonchev–Trinajstić information content (AvgIpc) is 3.51. The molecular weight excluding hydrogens is 444 g/mol. The third kappa shape index (κ3) is 4.63. The van der Waals surface area contributed by atoms with Crippen LogP contribution >= 0.6 is 0 Å². The van der Waals surface area contributed by atoms with Gasteiger partial charge in [-0.25, -0.2) is 17.7 Å². The van der Waals surface area contributed by atoms with Gasteiger partial charge in [0, 0.05) is 39.6 Å². The van der Waals surface area contributed by atoms with Gasteiger partial charge in [-0.3, -0.25) is 9.59 Å². The predicted octanol–water partition coefficient (Wildman–Crippen LogP) is 2.53. The van der Waals surface area contributed by atoms with Crippen molar-refractivity contribution in [3.8, 4) is 0 Å². The van der Waals surface area contributed by atoms with Gasteiger partial charge in [0.15, 0.2) is 0 Å². The number of nitrogens with zero attached hydrogens (tertiary/aromatic N) is 4. The molecule has 0 bridgehead atoms. The topological polar surface area (TPSA) is 102 Å². The Morgan fingerprint density at radius 1 is 1.24 bits per heavy atom. The summed E-state index contributed by atoms with van der Waals surface area (Å²) < 4.78 is 33.7. The Labute approximate surface area is 194 Å². The first-order chi connectivity index (χ1) is 15.7. The second-order valence-electron chi connectivity index (χ2n) is 9.11. The van der Waals surface area contributed by atoms with Crippen LogP contribution in [0, 0.1) is 5.92 Å². The summed E-state index contributed by atoms with van der Waals surface area (Å²) in [5, 5.41) is 0. The standard InChI is InChI=1S/C23H32N4O5S/c1-4-11-26-20-10-9-18(33(30,31)25(2)3)13-19(20)24-21(26)15-32-23(29)16-12-22(28)27(14-16)17-7-5-6-8-17/h9-10,13,16-17H,4-8,11-12,14-15H2,1-3H3. The molecule has 2 aliphatic rings. The van der Waals surface area contributed by atoms with Crippen molar-refractivity contribution in [2.75, 3.05) is 20.6 Å². The van der Waals surface area contributed by atoms with E-state index in [9.17, 15) is 18.0 Å². The van der Waals surface area contributed by atoms with E-state index in [2.05, 4.69) is 4.98 Å². The Kier molecular flexibility index (Phi) is 6.76. The quantitative estimate of drug-likeness (QED) is 0.543. The second kappa shape index (κ2) is 9.42. The van der Waals surface area contributed by atoms with Gasteiger partial charge in [-0.1, -0.05) is 19.8 Å². The largest absolute Gasteiger partial charge is 0.457 e. The Hall–Kier alpha value is -2.46. The highest BCUT2D eigenvalue weighted by Gasteiger charge is 2.39. The Balaban J connectivity index is 1.50. The zero-order chi connectivity index (χ0) is 23.8. The smallest absolute Gasteiger partial charge is 0.311 e. The summed E-state index contributed by atoms with van der Waals surface area (Å²) in [5.74, 6) is -0.220. The lowest BCUT2D eigenvalue weighted by atomic mass is 10.1. The van der Waals surface area contributed by atoms with Crippen LogP contribution in [0.2, 0.25) is 0 Å². The van der Waals surface area contributed by atoms with Crippen LogP contribution in [0.5, 0.6) is 0 Å². The van der Waals surface area contributed by atoms with Crippen LogP contribution in [0.15, 0.2) is 23.1 Å². The molecule has 10 heteroatoms. The van der Waals surface area contributed by atoms with Crippen LogP contribution in [-0.4, -0.2) is 65.7 Å². The lowest BCUT2D eigenvalue weighted by Gasteiger charge is -2.23. The monoisotopic (exact) mass is 476 g/mol. The molecule has 1 aromatic carbocycles. The van der Waals surface area contributed by atoms with E-state index < -0.39 is 15.9 Å². The number of amides is 1. The van der Waals surface area contributed by atoms with Crippen molar-refractivity contribution in [3.63, 3.8) is 0 Å². The van der Waals surface area contributed by atoms with Gasteiger partial charge in [-0.15, -0.1) is 0 Å². The normalized spacial score (nSPS) is 19.8. The highest BCUT2D eigenvalue weighted by molar-refractivity contribution is 7.89. The number of benzene rings is 1. The molecule has 2 aromatic rings. The number of carbonyl (C=O) groups is 2. The molecule has 1 aromatic heterocycles. The van der Waals surface area contributed by atoms with Crippen LogP contribution < -0.4 is 0 Å². The molecule has 0 spiro atoms. The maximum atomic E-state index is 12.7. The Morgan fingerprint density at radius 2 is 1.97 bits per heavy atom. The van der Waals surface area contributed by atoms with E-state index in [1.165, 1.54) is 14.1 Å². The fourth-order valence-corrected chi connectivity index (χ4v) is 5.75. The molecule has 4 rings (SSSR count). The SMILES string of the molecule is CCCn1c(COC(=O)C2CC(=O)N(C3CCCC3)C2)nc2cc(S(=O)(=O)N(C)C)ccc21. The number of aryl methyl sites for hydroxylation is 1. The first-order valence-electron chi connectivity index (χ1n) is 11.6. The van der Waals surface area contributed by atoms with E-state index in [4.69, 9.17) is 4.74 Å². The number of aromatic nitrogens is 2. The maximum Gasteiger partial charge on any atom is 0.311 e. The van der Waals surface area contributed by atoms with Crippen LogP contribution in [-0.2, 0) is 37.5 Å². The summed E-state index contributed by atoms with van der Waals surface area (Å²) in [4.78, 5) is 31.8. The third-order valence-corrected chi connectivity index (χ3v) is 8.44. The Bertz CT molecular complexity index is 1150. The van der Waals surface area contributed by atoms with Crippen molar-refractivity contribution in [3.05, 3.63) is 24.0 Å². The number of ether oxygens (including phenoxy) is 1. The number of rotatable bonds is 8. The maximum absolute atomic E-state index is 12.7. The van der Waals surface area contributed by atoms with E-state index in [0.29, 0.717) is 24.4 Å². The molecular formula is C23H32N4O5S. The third-order valence-electron chi connectivity index (χ3n) is 6.63. The van der Waals surface area contributed by atoms with Crippen LogP contribution in [0.3, 0.4) is 0 Å². The fourth-order valence-electron chi connectivity index (χ4n) is 4.83. The second-order valence-corrected chi connectivity index (χ2v) is 11.3. The lowest BCUT2D eigenvalue weighted by Crippen LogP contribution is -2.35. The fraction of sp³-hybridized carbons (Fsp3) is 0.609. The van der Waals surface area contributed by atoms with Gasteiger partial charge in [0.25, 0.3) is 0 Å². The minimum Gasteiger partial charge on any atom is -0.457 e. The van der Waals surface area contributed by atoms with E-state index in [1.54, 1.807) is 18.2 Å². The molecule has 180 valence electrons. The molecule has 1 unspecified atom stereocenters. The van der Waals surface area contributed by atoms with Gasteiger partial charge in [0.2, 0.25) is 15.9 Å². The number of carbonyl (C=O) groups excluding carboxylic acids is 2. The first kappa shape index (κ1) is 23.7. The van der Waals surface area contributed by atoms with Crippen molar-refractivity contribution in [2.45, 2.75) is 69.5 Å². The Morgan fingerprint density at radius 3 is 2.64 bits per heavy atom. The van der Waals surface area contributed by atoms with E-state index in [0.717, 1.165) is 41.9 Å². The molecule has 9 nitrogen and oxygen atoms in total. The van der Waals surface area contributed by atoms with E-state index in [1.807, 2.05) is 16.4 Å². The summed E-state index contributed by atoms with van der Waals surface area (Å²) in [5.41, 5.74) is 1.34. The molecule has 2 heterocycles. The van der Waals surface area contributed by atoms with Gasteiger partial charge >= 0.3 is 5.97 Å². The molecule has 1 atom stereocenters. The predicted molar refractivity (Wildman–Crippen MR) is 123 cm³/mol. The molecule has 1 amide bonds. The number of fused-ring (bicyclic) bond motifs is 1. The minimum atomic E-state index is -3.58. The lowest BCUT2D eigenvalue weighted by molar-refractivity contribution is -0.150. The van der Waals surface area contributed by atoms with E-state index in [-0.39, 0.29) is 35.8 Å². The van der Waals surface area contributed by atoms with Crippen molar-refractivity contribution >= 4 is 32.9 Å². The van der Waals surface area contributed by atoms with Gasteiger partial charge in [0.1, 0.15) is 12.4 Å². The molecule has 1 aliphatic heterocycles. The van der Waals surface area contributed by atoms with Gasteiger partial charge in [-0.05, 0) is 37.5 Å². The molecule has 1 saturated heterocycles. The zero-order valence-electron chi connectivity index (χ0n) is 19.5. The van der Waals surface area contributed by atoms with Crippen LogP contribution in [0.1, 0.15) is 51.3 Å². The van der Waals surface area contributed by atoms with Crippen molar-refractivity contribution in [2.24, 2.45) is 5.92 Å². The summed E-state index contributed by atoms with van der Waals surface area (Å²) in [6.45, 7) is 3.12. The van der Waals surface area contributed by atoms with Crippen LogP contribution in [0.4, 0.5) is 0 Å². The summed E-state index contributed by atoms with van der Waals surface area (Å²) in [7, 11) is -0.601. The van der Waals surface area contributed by atoms with Gasteiger partial charge in [-0.2, -0.15) is 0 Å². The minimum absolute atomic E-state index is 0.0165. The molecule has 1 aliphatic carbocycles. The zero-order valence-corrected chi connectivity index (χ0v) is 20.3. The first-order valence-corrected chi connectivity index (χ1v) is 13.0. The van der Waals surface area contributed by atoms with E-state index >= 15 is 0 Å². The summed E-state index contributed by atoms with van der Waals surface area (Å²) in [6.07, 6.45) is 5.34. The molecule has 1 saturated carbocycles. The number of esters is 1. The summed E-state index contributed by atoms with van der Waals surface area (Å²) >= 11 is 0. The highest BCUT2D eigenvalue weighted by Crippen LogP contribution is 2.30. The number of hydrogen-bond donors (Lipinski definition) is 0. The molecule has 33 heavy (non-hydrogen) atoms. The number of hydrogen-bond acceptors (Lipinski definition) is 6.